The summed E-state index contributed by atoms with van der Waals surface area (Å²) in [4.78, 5) is 11.8. The molecule has 0 aromatic carbocycles. The summed E-state index contributed by atoms with van der Waals surface area (Å²) >= 11 is 0. The van der Waals surface area contributed by atoms with E-state index in [4.69, 9.17) is 4.74 Å². The van der Waals surface area contributed by atoms with Gasteiger partial charge in [-0.05, 0) is 91.3 Å². The number of alkyl halides is 3. The predicted molar refractivity (Wildman–Crippen MR) is 134 cm³/mol. The van der Waals surface area contributed by atoms with E-state index in [2.05, 4.69) is 40.7 Å². The van der Waals surface area contributed by atoms with Gasteiger partial charge >= 0.3 is 12.1 Å². The Morgan fingerprint density at radius 2 is 1.80 bits per heavy atom. The van der Waals surface area contributed by atoms with Crippen LogP contribution in [0, 0.1) is 46.3 Å². The molecule has 4 aliphatic rings. The van der Waals surface area contributed by atoms with E-state index in [1.165, 1.54) is 50.5 Å². The molecule has 0 spiro atoms. The lowest BCUT2D eigenvalue weighted by Gasteiger charge is -2.58. The fourth-order valence-corrected chi connectivity index (χ4v) is 9.14. The summed E-state index contributed by atoms with van der Waals surface area (Å²) in [5.74, 6) is 3.46. The monoisotopic (exact) mass is 496 g/mol. The molecule has 0 radical (unpaired) electrons. The van der Waals surface area contributed by atoms with E-state index >= 15 is 0 Å². The molecule has 200 valence electrons. The second-order valence-electron chi connectivity index (χ2n) is 13.4. The first-order chi connectivity index (χ1) is 16.3. The minimum Gasteiger partial charge on any atom is -0.462 e. The van der Waals surface area contributed by atoms with Crippen molar-refractivity contribution in [3.63, 3.8) is 0 Å². The zero-order valence-corrected chi connectivity index (χ0v) is 22.6. The van der Waals surface area contributed by atoms with Crippen LogP contribution in [0.3, 0.4) is 0 Å². The summed E-state index contributed by atoms with van der Waals surface area (Å²) < 4.78 is 43.0. The maximum atomic E-state index is 12.6. The van der Waals surface area contributed by atoms with Crippen LogP contribution < -0.4 is 0 Å². The van der Waals surface area contributed by atoms with Crippen molar-refractivity contribution in [2.45, 2.75) is 124 Å². The maximum absolute atomic E-state index is 12.6. The molecule has 8 atom stereocenters. The second-order valence-corrected chi connectivity index (χ2v) is 13.4. The first-order valence-corrected chi connectivity index (χ1v) is 14.3. The fourth-order valence-electron chi connectivity index (χ4n) is 9.14. The number of allylic oxidation sites excluding steroid dienone is 1. The number of hydrogen-bond acceptors (Lipinski definition) is 2. The molecule has 0 saturated heterocycles. The van der Waals surface area contributed by atoms with Crippen molar-refractivity contribution in [2.75, 3.05) is 0 Å². The highest BCUT2D eigenvalue weighted by atomic mass is 19.4. The molecule has 5 heteroatoms. The third-order valence-corrected chi connectivity index (χ3v) is 10.9. The van der Waals surface area contributed by atoms with E-state index in [1.54, 1.807) is 0 Å². The number of ether oxygens (including phenoxy) is 1. The Kier molecular flexibility index (Phi) is 7.76. The Morgan fingerprint density at radius 3 is 2.49 bits per heavy atom. The molecule has 0 aliphatic heterocycles. The second kappa shape index (κ2) is 10.0. The predicted octanol–water partition coefficient (Wildman–Crippen LogP) is 8.89. The third-order valence-electron chi connectivity index (χ3n) is 10.9. The SMILES string of the molecule is CC(C)CCC[C@@H](C)[C@@H]1CC[C@@H]2[C@H]3CC=C4C[C@@H](OC(=O)CC(F)(F)F)CC[C@]4(C)[C@@H]3CC[C@@]21C. The van der Waals surface area contributed by atoms with Crippen molar-refractivity contribution in [2.24, 2.45) is 46.3 Å². The molecule has 0 aromatic heterocycles. The number of carbonyl (C=O) groups excluding carboxylic acids is 1. The van der Waals surface area contributed by atoms with Gasteiger partial charge in [-0.15, -0.1) is 0 Å². The molecule has 0 heterocycles. The lowest BCUT2D eigenvalue weighted by atomic mass is 9.47. The number of hydrogen-bond donors (Lipinski definition) is 0. The van der Waals surface area contributed by atoms with Gasteiger partial charge in [-0.2, -0.15) is 13.2 Å². The van der Waals surface area contributed by atoms with E-state index in [1.807, 2.05) is 0 Å². The average molecular weight is 497 g/mol. The normalized spacial score (nSPS) is 39.9. The van der Waals surface area contributed by atoms with E-state index in [0.717, 1.165) is 42.4 Å². The highest BCUT2D eigenvalue weighted by Gasteiger charge is 2.59. The summed E-state index contributed by atoms with van der Waals surface area (Å²) in [6.07, 6.45) is 8.65. The molecule has 3 fully saturated rings. The van der Waals surface area contributed by atoms with Gasteiger partial charge in [0.25, 0.3) is 0 Å². The Bertz CT molecular complexity index is 802. The maximum Gasteiger partial charge on any atom is 0.399 e. The van der Waals surface area contributed by atoms with Gasteiger partial charge in [0.05, 0.1) is 0 Å². The number of rotatable bonds is 7. The minimum absolute atomic E-state index is 0.109. The number of esters is 1. The van der Waals surface area contributed by atoms with E-state index in [9.17, 15) is 18.0 Å². The molecule has 0 amide bonds. The number of carbonyl (C=O) groups is 1. The van der Waals surface area contributed by atoms with Crippen LogP contribution in [0.25, 0.3) is 0 Å². The van der Waals surface area contributed by atoms with Crippen molar-refractivity contribution >= 4 is 5.97 Å². The van der Waals surface area contributed by atoms with E-state index in [-0.39, 0.29) is 5.41 Å². The Hall–Kier alpha value is -1.00. The first-order valence-electron chi connectivity index (χ1n) is 14.3. The average Bonchev–Trinajstić information content (AvgIpc) is 3.09. The van der Waals surface area contributed by atoms with Crippen LogP contribution in [0.4, 0.5) is 13.2 Å². The molecular weight excluding hydrogens is 449 g/mol. The largest absolute Gasteiger partial charge is 0.462 e. The summed E-state index contributed by atoms with van der Waals surface area (Å²) in [7, 11) is 0. The van der Waals surface area contributed by atoms with Crippen molar-refractivity contribution < 1.29 is 22.7 Å². The minimum atomic E-state index is -4.50. The highest BCUT2D eigenvalue weighted by molar-refractivity contribution is 5.70. The van der Waals surface area contributed by atoms with Crippen LogP contribution >= 0.6 is 0 Å². The van der Waals surface area contributed by atoms with Crippen LogP contribution in [0.5, 0.6) is 0 Å². The zero-order valence-electron chi connectivity index (χ0n) is 22.6. The summed E-state index contributed by atoms with van der Waals surface area (Å²) in [5, 5.41) is 0. The van der Waals surface area contributed by atoms with Gasteiger partial charge in [-0.1, -0.05) is 65.5 Å². The fraction of sp³-hybridized carbons (Fsp3) is 0.900. The lowest BCUT2D eigenvalue weighted by molar-refractivity contribution is -0.177. The Labute approximate surface area is 210 Å². The molecule has 0 bridgehead atoms. The number of halogens is 3. The lowest BCUT2D eigenvalue weighted by Crippen LogP contribution is -2.51. The number of fused-ring (bicyclic) bond motifs is 5. The van der Waals surface area contributed by atoms with Crippen LogP contribution in [0.15, 0.2) is 11.6 Å². The summed E-state index contributed by atoms with van der Waals surface area (Å²) in [5.41, 5.74) is 1.90. The van der Waals surface area contributed by atoms with Crippen molar-refractivity contribution in [3.8, 4) is 0 Å². The zero-order chi connectivity index (χ0) is 25.6. The molecule has 0 unspecified atom stereocenters. The van der Waals surface area contributed by atoms with E-state index < -0.39 is 24.7 Å². The van der Waals surface area contributed by atoms with Crippen LogP contribution in [-0.4, -0.2) is 18.2 Å². The Balaban J connectivity index is 1.42. The molecular formula is C30H47F3O2. The molecule has 2 nitrogen and oxygen atoms in total. The van der Waals surface area contributed by atoms with Gasteiger partial charge in [0.1, 0.15) is 12.5 Å². The van der Waals surface area contributed by atoms with E-state index in [0.29, 0.717) is 24.2 Å². The van der Waals surface area contributed by atoms with Crippen LogP contribution in [0.2, 0.25) is 0 Å². The highest BCUT2D eigenvalue weighted by Crippen LogP contribution is 2.67. The smallest absolute Gasteiger partial charge is 0.399 e. The van der Waals surface area contributed by atoms with Gasteiger partial charge in [-0.3, -0.25) is 4.79 Å². The van der Waals surface area contributed by atoms with Gasteiger partial charge in [0, 0.05) is 6.42 Å². The topological polar surface area (TPSA) is 26.3 Å². The standard InChI is InChI=1S/C30H47F3O2/c1-19(2)7-6-8-20(3)24-11-12-25-23-10-9-21-17-22(35-27(34)18-30(31,32)33)13-15-28(21,4)26(23)14-16-29(24,25)5/h9,19-20,22-26H,6-8,10-18H2,1-5H3/t20-,22+,23-,24+,25-,26-,28+,29-/m1/s1. The third kappa shape index (κ3) is 5.49. The Morgan fingerprint density at radius 1 is 1.06 bits per heavy atom. The van der Waals surface area contributed by atoms with Crippen molar-refractivity contribution in [1.29, 1.82) is 0 Å². The quantitative estimate of drug-likeness (QED) is 0.260. The molecule has 4 rings (SSSR count). The van der Waals surface area contributed by atoms with Gasteiger partial charge in [0.15, 0.2) is 0 Å². The molecule has 35 heavy (non-hydrogen) atoms. The van der Waals surface area contributed by atoms with Gasteiger partial charge in [-0.25, -0.2) is 0 Å². The van der Waals surface area contributed by atoms with Gasteiger partial charge < -0.3 is 4.74 Å². The summed E-state index contributed by atoms with van der Waals surface area (Å²) in [6.45, 7) is 12.1. The molecule has 3 saturated carbocycles. The molecule has 0 aromatic rings. The van der Waals surface area contributed by atoms with Crippen molar-refractivity contribution in [1.82, 2.24) is 0 Å². The first kappa shape index (κ1) is 27.0. The summed E-state index contributed by atoms with van der Waals surface area (Å²) in [6, 6.07) is 0. The molecule has 0 N–H and O–H groups in total. The van der Waals surface area contributed by atoms with Crippen LogP contribution in [-0.2, 0) is 9.53 Å². The van der Waals surface area contributed by atoms with Gasteiger partial charge in [0.2, 0.25) is 0 Å². The molecule has 4 aliphatic carbocycles. The van der Waals surface area contributed by atoms with Crippen LogP contribution in [0.1, 0.15) is 112 Å². The van der Waals surface area contributed by atoms with Crippen molar-refractivity contribution in [3.05, 3.63) is 11.6 Å².